The molecule has 2 aromatic rings. The molecule has 168 valence electrons. The molecule has 2 fully saturated rings. The van der Waals surface area contributed by atoms with Crippen molar-refractivity contribution in [2.75, 3.05) is 0 Å². The molecule has 0 amide bonds. The van der Waals surface area contributed by atoms with Gasteiger partial charge in [0.2, 0.25) is 11.2 Å². The Kier molecular flexibility index (Phi) is 6.03. The molecule has 2 aliphatic rings. The third kappa shape index (κ3) is 4.26. The van der Waals surface area contributed by atoms with Crippen molar-refractivity contribution in [3.05, 3.63) is 82.0 Å². The quantitative estimate of drug-likeness (QED) is 0.515. The number of ether oxygens (including phenoxy) is 4. The molecule has 0 aliphatic carbocycles. The fraction of sp³-hybridized carbons (Fsp3) is 0.364. The summed E-state index contributed by atoms with van der Waals surface area (Å²) in [4.78, 5) is 2.73. The number of hydrogen-bond acceptors (Lipinski definition) is 8. The highest BCUT2D eigenvalue weighted by Crippen LogP contribution is 2.42. The van der Waals surface area contributed by atoms with E-state index in [4.69, 9.17) is 18.9 Å². The number of sulfone groups is 1. The Bertz CT molecular complexity index is 1140. The molecule has 2 saturated heterocycles. The van der Waals surface area contributed by atoms with Crippen LogP contribution in [0.15, 0.2) is 76.3 Å². The van der Waals surface area contributed by atoms with Gasteiger partial charge in [-0.2, -0.15) is 0 Å². The van der Waals surface area contributed by atoms with Crippen molar-refractivity contribution in [1.29, 1.82) is 5.39 Å². The van der Waals surface area contributed by atoms with Crippen LogP contribution in [0.4, 0.5) is 0 Å². The van der Waals surface area contributed by atoms with Crippen LogP contribution in [0.1, 0.15) is 19.4 Å². The molecule has 4 rings (SSSR count). The van der Waals surface area contributed by atoms with Gasteiger partial charge in [0.05, 0.1) is 11.5 Å². The lowest BCUT2D eigenvalue weighted by atomic mass is 10.1. The number of diazo groups is 1. The standard InChI is InChI=1S/C22H22N2O7S/c1-22(2)30-18-17(16(25)20(24-23)32(26,27)15-11-7-4-8-12-15)29-21(19(18)31-22)28-13-14-9-5-3-6-10-14/h3-12,17-19,21H,13H2,1-2H3/p+1/b20-16+/t17-,18+,19+,21+/m1/s1. The Hall–Kier alpha value is -2.81. The zero-order chi connectivity index (χ0) is 22.9. The summed E-state index contributed by atoms with van der Waals surface area (Å²) in [5.41, 5.74) is 0.895. The van der Waals surface area contributed by atoms with Crippen LogP contribution in [0.25, 0.3) is 4.98 Å². The summed E-state index contributed by atoms with van der Waals surface area (Å²) < 4.78 is 49.3. The molecule has 9 nitrogen and oxygen atoms in total. The van der Waals surface area contributed by atoms with Crippen LogP contribution in [0.5, 0.6) is 0 Å². The molecule has 0 bridgehead atoms. The second-order valence-corrected chi connectivity index (χ2v) is 9.76. The maximum absolute atomic E-state index is 12.9. The van der Waals surface area contributed by atoms with Crippen molar-refractivity contribution in [3.8, 4) is 0 Å². The average molecular weight is 460 g/mol. The molecule has 2 aromatic carbocycles. The Morgan fingerprint density at radius 1 is 1.06 bits per heavy atom. The first-order valence-electron chi connectivity index (χ1n) is 9.98. The molecule has 1 N–H and O–H groups in total. The summed E-state index contributed by atoms with van der Waals surface area (Å²) in [6, 6.07) is 16.7. The lowest BCUT2D eigenvalue weighted by molar-refractivity contribution is -0.234. The molecule has 0 unspecified atom stereocenters. The first-order valence-corrected chi connectivity index (χ1v) is 11.5. The van der Waals surface area contributed by atoms with Crippen molar-refractivity contribution in [1.82, 2.24) is 0 Å². The Balaban J connectivity index is 1.64. The highest BCUT2D eigenvalue weighted by molar-refractivity contribution is 7.95. The molecule has 0 saturated carbocycles. The number of aliphatic hydroxyl groups excluding tert-OH is 1. The molecule has 0 aromatic heterocycles. The second-order valence-electron chi connectivity index (χ2n) is 7.89. The van der Waals surface area contributed by atoms with Gasteiger partial charge in [0.15, 0.2) is 23.2 Å². The summed E-state index contributed by atoms with van der Waals surface area (Å²) in [5, 5.41) is 19.4. The topological polar surface area (TPSA) is 119 Å². The molecular formula is C22H23N2O7S+. The first kappa shape index (κ1) is 22.4. The molecule has 2 aliphatic heterocycles. The van der Waals surface area contributed by atoms with Gasteiger partial charge >= 0.3 is 5.03 Å². The number of hydrogen-bond donors (Lipinski definition) is 1. The van der Waals surface area contributed by atoms with E-state index < -0.39 is 51.0 Å². The highest BCUT2D eigenvalue weighted by atomic mass is 32.2. The SMILES string of the molecule is CC1(C)O[C@@H]2[C@@H](OCc3ccccc3)O[C@H](/C(O)=C(/[N+]#N)S(=O)(=O)c3ccccc3)[C@@H]2O1. The van der Waals surface area contributed by atoms with Gasteiger partial charge in [0, 0.05) is 0 Å². The second kappa shape index (κ2) is 8.61. The molecular weight excluding hydrogens is 436 g/mol. The van der Waals surface area contributed by atoms with Crippen molar-refractivity contribution < 1.29 is 32.5 Å². The molecule has 4 atom stereocenters. The number of nitrogens with zero attached hydrogens (tertiary/aromatic N) is 2. The van der Waals surface area contributed by atoms with Crippen molar-refractivity contribution in [2.45, 2.75) is 55.7 Å². The predicted octanol–water partition coefficient (Wildman–Crippen LogP) is 3.50. The molecule has 32 heavy (non-hydrogen) atoms. The van der Waals surface area contributed by atoms with Gasteiger partial charge in [-0.15, -0.1) is 0 Å². The largest absolute Gasteiger partial charge is 0.518 e. The lowest BCUT2D eigenvalue weighted by Gasteiger charge is -2.23. The van der Waals surface area contributed by atoms with E-state index in [2.05, 4.69) is 4.98 Å². The van der Waals surface area contributed by atoms with E-state index in [1.54, 1.807) is 19.9 Å². The van der Waals surface area contributed by atoms with E-state index in [9.17, 15) is 18.9 Å². The van der Waals surface area contributed by atoms with Crippen LogP contribution in [0, 0.1) is 5.39 Å². The van der Waals surface area contributed by atoms with Crippen LogP contribution in [-0.2, 0) is 35.4 Å². The van der Waals surface area contributed by atoms with Gasteiger partial charge in [-0.05, 0) is 31.5 Å². The third-order valence-electron chi connectivity index (χ3n) is 5.16. The highest BCUT2D eigenvalue weighted by Gasteiger charge is 2.59. The fourth-order valence-corrected chi connectivity index (χ4v) is 4.98. The van der Waals surface area contributed by atoms with Crippen LogP contribution in [0.3, 0.4) is 0 Å². The van der Waals surface area contributed by atoms with Crippen molar-refractivity contribution in [2.24, 2.45) is 0 Å². The Morgan fingerprint density at radius 3 is 2.28 bits per heavy atom. The maximum Gasteiger partial charge on any atom is 0.518 e. The normalized spacial score (nSPS) is 27.4. The molecule has 0 spiro atoms. The summed E-state index contributed by atoms with van der Waals surface area (Å²) in [6.07, 6.45) is -3.85. The van der Waals surface area contributed by atoms with Gasteiger partial charge in [0.1, 0.15) is 12.2 Å². The van der Waals surface area contributed by atoms with E-state index in [0.717, 1.165) is 5.56 Å². The molecule has 10 heteroatoms. The van der Waals surface area contributed by atoms with E-state index in [1.807, 2.05) is 30.3 Å². The van der Waals surface area contributed by atoms with E-state index in [-0.39, 0.29) is 11.5 Å². The fourth-order valence-electron chi connectivity index (χ4n) is 3.74. The number of aliphatic hydroxyl groups is 1. The minimum Gasteiger partial charge on any atom is -0.502 e. The Morgan fingerprint density at radius 2 is 1.66 bits per heavy atom. The smallest absolute Gasteiger partial charge is 0.502 e. The van der Waals surface area contributed by atoms with Crippen molar-refractivity contribution >= 4 is 9.84 Å². The zero-order valence-electron chi connectivity index (χ0n) is 17.5. The monoisotopic (exact) mass is 459 g/mol. The molecule has 2 heterocycles. The van der Waals surface area contributed by atoms with Crippen LogP contribution in [-0.4, -0.2) is 43.9 Å². The maximum atomic E-state index is 12.9. The summed E-state index contributed by atoms with van der Waals surface area (Å²) >= 11 is 0. The van der Waals surface area contributed by atoms with Crippen LogP contribution >= 0.6 is 0 Å². The zero-order valence-corrected chi connectivity index (χ0v) is 18.3. The van der Waals surface area contributed by atoms with Gasteiger partial charge < -0.3 is 24.1 Å². The predicted molar refractivity (Wildman–Crippen MR) is 112 cm³/mol. The van der Waals surface area contributed by atoms with Gasteiger partial charge in [0.25, 0.3) is 9.84 Å². The van der Waals surface area contributed by atoms with E-state index >= 15 is 0 Å². The number of rotatable bonds is 6. The third-order valence-corrected chi connectivity index (χ3v) is 6.85. The summed E-state index contributed by atoms with van der Waals surface area (Å²) in [5.74, 6) is -1.81. The minimum absolute atomic E-state index is 0.144. The minimum atomic E-state index is -4.32. The average Bonchev–Trinajstić information content (AvgIpc) is 3.26. The van der Waals surface area contributed by atoms with Crippen LogP contribution < -0.4 is 0 Å². The first-order chi connectivity index (χ1) is 15.2. The van der Waals surface area contributed by atoms with Gasteiger partial charge in [-0.1, -0.05) is 48.5 Å². The lowest BCUT2D eigenvalue weighted by Crippen LogP contribution is -2.32. The van der Waals surface area contributed by atoms with E-state index in [0.29, 0.717) is 0 Å². The summed E-state index contributed by atoms with van der Waals surface area (Å²) in [7, 11) is -4.32. The van der Waals surface area contributed by atoms with Gasteiger partial charge in [-0.3, -0.25) is 0 Å². The summed E-state index contributed by atoms with van der Waals surface area (Å²) in [6.45, 7) is 3.58. The van der Waals surface area contributed by atoms with Crippen molar-refractivity contribution in [3.63, 3.8) is 0 Å². The van der Waals surface area contributed by atoms with Gasteiger partial charge in [-0.25, -0.2) is 8.42 Å². The Labute approximate surface area is 185 Å². The number of fused-ring (bicyclic) bond motifs is 1. The van der Waals surface area contributed by atoms with E-state index in [1.165, 1.54) is 24.3 Å². The molecule has 0 radical (unpaired) electrons. The number of benzene rings is 2. The van der Waals surface area contributed by atoms with Crippen LogP contribution in [0.2, 0.25) is 0 Å².